The van der Waals surface area contributed by atoms with Crippen molar-refractivity contribution in [2.45, 2.75) is 13.1 Å². The van der Waals surface area contributed by atoms with E-state index >= 15 is 0 Å². The van der Waals surface area contributed by atoms with Gasteiger partial charge in [0.15, 0.2) is 0 Å². The van der Waals surface area contributed by atoms with Gasteiger partial charge in [0.05, 0.1) is 11.4 Å². The lowest BCUT2D eigenvalue weighted by Crippen LogP contribution is -2.29. The van der Waals surface area contributed by atoms with E-state index in [1.807, 2.05) is 36.4 Å². The van der Waals surface area contributed by atoms with Gasteiger partial charge in [0.2, 0.25) is 0 Å². The Morgan fingerprint density at radius 2 is 1.62 bits per heavy atom. The van der Waals surface area contributed by atoms with Crippen molar-refractivity contribution < 1.29 is 9.53 Å². The molecule has 2 aromatic rings. The molecule has 0 unspecified atom stereocenters. The molecular weight excluding hydrogens is 268 g/mol. The van der Waals surface area contributed by atoms with Crippen molar-refractivity contribution in [3.05, 3.63) is 60.2 Å². The number of carbonyl (C=O) groups is 1. The summed E-state index contributed by atoms with van der Waals surface area (Å²) in [4.78, 5) is 21.4. The van der Waals surface area contributed by atoms with Gasteiger partial charge in [-0.1, -0.05) is 12.1 Å². The highest BCUT2D eigenvalue weighted by Gasteiger charge is 2.09. The maximum atomic E-state index is 10.7. The van der Waals surface area contributed by atoms with Gasteiger partial charge in [0.1, 0.15) is 6.61 Å². The summed E-state index contributed by atoms with van der Waals surface area (Å²) in [5.74, 6) is 0. The molecule has 0 aliphatic rings. The number of rotatable bonds is 7. The molecule has 0 saturated carbocycles. The number of carbonyl (C=O) groups excluding carboxylic acids is 1. The highest BCUT2D eigenvalue weighted by atomic mass is 16.5. The summed E-state index contributed by atoms with van der Waals surface area (Å²) in [6.45, 7) is 2.12. The van der Waals surface area contributed by atoms with Gasteiger partial charge in [-0.25, -0.2) is 4.79 Å². The second-order valence-electron chi connectivity index (χ2n) is 4.52. The standard InChI is InChI=1S/C15H18N4O2/c16-15(20)21-10-9-19(11-13-5-1-3-7-17-13)12-14-6-2-4-8-18-14/h1-8H,9-12H2,(H2,16,20). The van der Waals surface area contributed by atoms with Crippen molar-refractivity contribution in [3.8, 4) is 0 Å². The van der Waals surface area contributed by atoms with Crippen molar-refractivity contribution in [1.82, 2.24) is 14.9 Å². The summed E-state index contributed by atoms with van der Waals surface area (Å²) in [7, 11) is 0. The van der Waals surface area contributed by atoms with Gasteiger partial charge in [-0.2, -0.15) is 0 Å². The molecular formula is C15H18N4O2. The Kier molecular flexibility index (Phi) is 5.66. The Bertz CT molecular complexity index is 507. The fourth-order valence-corrected chi connectivity index (χ4v) is 1.93. The maximum absolute atomic E-state index is 10.7. The van der Waals surface area contributed by atoms with E-state index in [4.69, 9.17) is 10.5 Å². The Morgan fingerprint density at radius 3 is 2.05 bits per heavy atom. The quantitative estimate of drug-likeness (QED) is 0.835. The average molecular weight is 286 g/mol. The molecule has 0 saturated heterocycles. The summed E-state index contributed by atoms with van der Waals surface area (Å²) in [5, 5.41) is 0. The number of nitrogens with zero attached hydrogens (tertiary/aromatic N) is 3. The van der Waals surface area contributed by atoms with Gasteiger partial charge in [-0.15, -0.1) is 0 Å². The summed E-state index contributed by atoms with van der Waals surface area (Å²) < 4.78 is 4.80. The molecule has 2 aromatic heterocycles. The number of hydrogen-bond acceptors (Lipinski definition) is 5. The van der Waals surface area contributed by atoms with E-state index in [-0.39, 0.29) is 6.61 Å². The minimum Gasteiger partial charge on any atom is -0.448 e. The molecule has 21 heavy (non-hydrogen) atoms. The lowest BCUT2D eigenvalue weighted by molar-refractivity contribution is 0.130. The largest absolute Gasteiger partial charge is 0.448 e. The van der Waals surface area contributed by atoms with Gasteiger partial charge < -0.3 is 10.5 Å². The predicted molar refractivity (Wildman–Crippen MR) is 78.1 cm³/mol. The predicted octanol–water partition coefficient (Wildman–Crippen LogP) is 1.57. The van der Waals surface area contributed by atoms with E-state index in [1.54, 1.807) is 12.4 Å². The van der Waals surface area contributed by atoms with Crippen molar-refractivity contribution in [2.75, 3.05) is 13.2 Å². The topological polar surface area (TPSA) is 81.3 Å². The summed E-state index contributed by atoms with van der Waals surface area (Å²) in [5.41, 5.74) is 6.88. The van der Waals surface area contributed by atoms with E-state index in [9.17, 15) is 4.79 Å². The fraction of sp³-hybridized carbons (Fsp3) is 0.267. The number of aromatic nitrogens is 2. The SMILES string of the molecule is NC(=O)OCCN(Cc1ccccn1)Cc1ccccn1. The van der Waals surface area contributed by atoms with E-state index in [0.29, 0.717) is 19.6 Å². The molecule has 6 nitrogen and oxygen atoms in total. The van der Waals surface area contributed by atoms with Gasteiger partial charge >= 0.3 is 6.09 Å². The average Bonchev–Trinajstić information content (AvgIpc) is 2.49. The van der Waals surface area contributed by atoms with Gasteiger partial charge in [-0.3, -0.25) is 14.9 Å². The first-order chi connectivity index (χ1) is 10.2. The van der Waals surface area contributed by atoms with Crippen LogP contribution in [-0.4, -0.2) is 34.1 Å². The number of hydrogen-bond donors (Lipinski definition) is 1. The Labute approximate surface area is 123 Å². The monoisotopic (exact) mass is 286 g/mol. The van der Waals surface area contributed by atoms with Crippen LogP contribution in [0.15, 0.2) is 48.8 Å². The first-order valence-electron chi connectivity index (χ1n) is 6.68. The summed E-state index contributed by atoms with van der Waals surface area (Å²) in [6, 6.07) is 11.6. The first-order valence-corrected chi connectivity index (χ1v) is 6.68. The highest BCUT2D eigenvalue weighted by Crippen LogP contribution is 2.06. The zero-order chi connectivity index (χ0) is 14.9. The van der Waals surface area contributed by atoms with E-state index in [0.717, 1.165) is 11.4 Å². The van der Waals surface area contributed by atoms with Crippen molar-refractivity contribution in [2.24, 2.45) is 5.73 Å². The Balaban J connectivity index is 1.97. The molecule has 2 rings (SSSR count). The van der Waals surface area contributed by atoms with Crippen LogP contribution in [0.2, 0.25) is 0 Å². The van der Waals surface area contributed by atoms with Crippen molar-refractivity contribution >= 4 is 6.09 Å². The molecule has 110 valence electrons. The molecule has 6 heteroatoms. The third-order valence-corrected chi connectivity index (χ3v) is 2.88. The lowest BCUT2D eigenvalue weighted by atomic mass is 10.3. The van der Waals surface area contributed by atoms with E-state index in [2.05, 4.69) is 14.9 Å². The van der Waals surface area contributed by atoms with Crippen LogP contribution in [0.25, 0.3) is 0 Å². The fourth-order valence-electron chi connectivity index (χ4n) is 1.93. The van der Waals surface area contributed by atoms with Crippen LogP contribution in [0, 0.1) is 0 Å². The molecule has 0 spiro atoms. The molecule has 1 amide bonds. The number of nitrogens with two attached hydrogens (primary N) is 1. The maximum Gasteiger partial charge on any atom is 0.404 e. The molecule has 2 N–H and O–H groups in total. The number of primary amides is 1. The summed E-state index contributed by atoms with van der Waals surface area (Å²) in [6.07, 6.45) is 2.76. The van der Waals surface area contributed by atoms with Crippen molar-refractivity contribution in [3.63, 3.8) is 0 Å². The van der Waals surface area contributed by atoms with Gasteiger partial charge in [-0.05, 0) is 24.3 Å². The van der Waals surface area contributed by atoms with Crippen LogP contribution in [0.1, 0.15) is 11.4 Å². The van der Waals surface area contributed by atoms with Crippen LogP contribution in [0.3, 0.4) is 0 Å². The molecule has 0 aliphatic carbocycles. The number of pyridine rings is 2. The van der Waals surface area contributed by atoms with E-state index in [1.165, 1.54) is 0 Å². The minimum absolute atomic E-state index is 0.245. The molecule has 0 aliphatic heterocycles. The Morgan fingerprint density at radius 1 is 1.05 bits per heavy atom. The van der Waals surface area contributed by atoms with Gasteiger partial charge in [0, 0.05) is 32.0 Å². The number of amides is 1. The highest BCUT2D eigenvalue weighted by molar-refractivity contribution is 5.64. The van der Waals surface area contributed by atoms with Crippen LogP contribution in [0.5, 0.6) is 0 Å². The lowest BCUT2D eigenvalue weighted by Gasteiger charge is -2.21. The zero-order valence-corrected chi connectivity index (χ0v) is 11.7. The van der Waals surface area contributed by atoms with Crippen LogP contribution in [0.4, 0.5) is 4.79 Å². The third-order valence-electron chi connectivity index (χ3n) is 2.88. The molecule has 0 bridgehead atoms. The van der Waals surface area contributed by atoms with Crippen LogP contribution >= 0.6 is 0 Å². The second kappa shape index (κ2) is 7.96. The van der Waals surface area contributed by atoms with Crippen LogP contribution in [-0.2, 0) is 17.8 Å². The minimum atomic E-state index is -0.759. The van der Waals surface area contributed by atoms with Gasteiger partial charge in [0.25, 0.3) is 0 Å². The zero-order valence-electron chi connectivity index (χ0n) is 11.7. The number of ether oxygens (including phenoxy) is 1. The van der Waals surface area contributed by atoms with Crippen LogP contribution < -0.4 is 5.73 Å². The first kappa shape index (κ1) is 14.9. The van der Waals surface area contributed by atoms with E-state index < -0.39 is 6.09 Å². The molecule has 2 heterocycles. The molecule has 0 atom stereocenters. The second-order valence-corrected chi connectivity index (χ2v) is 4.52. The third kappa shape index (κ3) is 5.58. The molecule has 0 radical (unpaired) electrons. The summed E-state index contributed by atoms with van der Waals surface area (Å²) >= 11 is 0. The Hall–Kier alpha value is -2.47. The molecule has 0 aromatic carbocycles. The van der Waals surface area contributed by atoms with Crippen molar-refractivity contribution in [1.29, 1.82) is 0 Å². The smallest absolute Gasteiger partial charge is 0.404 e. The molecule has 0 fully saturated rings. The normalized spacial score (nSPS) is 10.5.